The van der Waals surface area contributed by atoms with Gasteiger partial charge in [-0.05, 0) is 36.6 Å². The Hall–Kier alpha value is -2.89. The third-order valence-electron chi connectivity index (χ3n) is 4.68. The Morgan fingerprint density at radius 1 is 1.20 bits per heavy atom. The number of carbonyl (C=O) groups is 1. The first kappa shape index (κ1) is 15.6. The molecule has 0 bridgehead atoms. The van der Waals surface area contributed by atoms with Crippen LogP contribution in [0, 0.1) is 0 Å². The van der Waals surface area contributed by atoms with E-state index in [1.165, 1.54) is 0 Å². The summed E-state index contributed by atoms with van der Waals surface area (Å²) >= 11 is 0. The molecule has 3 aromatic rings. The summed E-state index contributed by atoms with van der Waals surface area (Å²) in [6, 6.07) is 10.1. The van der Waals surface area contributed by atoms with Gasteiger partial charge >= 0.3 is 0 Å². The van der Waals surface area contributed by atoms with E-state index in [-0.39, 0.29) is 11.9 Å². The molecule has 1 amide bonds. The van der Waals surface area contributed by atoms with E-state index in [2.05, 4.69) is 10.1 Å². The standard InChI is InChI=1S/C19H21N5O/c25-19(23-9-2-6-18(14-23)24-10-3-7-21-24)17-5-1-4-16(12-17)13-22-11-8-20-15-22/h1,3-5,7-8,10-12,15,18H,2,6,9,13-14H2. The molecule has 0 saturated carbocycles. The van der Waals surface area contributed by atoms with Gasteiger partial charge in [0.1, 0.15) is 0 Å². The van der Waals surface area contributed by atoms with Crippen LogP contribution in [0.2, 0.25) is 0 Å². The lowest BCUT2D eigenvalue weighted by atomic mass is 10.0. The Morgan fingerprint density at radius 2 is 2.16 bits per heavy atom. The Balaban J connectivity index is 1.48. The smallest absolute Gasteiger partial charge is 0.253 e. The maximum absolute atomic E-state index is 12.9. The molecule has 4 rings (SSSR count). The lowest BCUT2D eigenvalue weighted by Crippen LogP contribution is -2.40. The van der Waals surface area contributed by atoms with Crippen molar-refractivity contribution in [2.75, 3.05) is 13.1 Å². The molecule has 0 aliphatic carbocycles. The molecule has 1 fully saturated rings. The summed E-state index contributed by atoms with van der Waals surface area (Å²) in [5.41, 5.74) is 1.85. The third-order valence-corrected chi connectivity index (χ3v) is 4.68. The first-order valence-corrected chi connectivity index (χ1v) is 8.63. The van der Waals surface area contributed by atoms with Crippen LogP contribution in [0.4, 0.5) is 0 Å². The van der Waals surface area contributed by atoms with Crippen LogP contribution in [0.5, 0.6) is 0 Å². The van der Waals surface area contributed by atoms with Gasteiger partial charge in [0.2, 0.25) is 0 Å². The highest BCUT2D eigenvalue weighted by atomic mass is 16.2. The van der Waals surface area contributed by atoms with Gasteiger partial charge in [-0.1, -0.05) is 12.1 Å². The second kappa shape index (κ2) is 6.93. The molecule has 25 heavy (non-hydrogen) atoms. The van der Waals surface area contributed by atoms with Gasteiger partial charge in [0, 0.05) is 50.0 Å². The Morgan fingerprint density at radius 3 is 2.96 bits per heavy atom. The fraction of sp³-hybridized carbons (Fsp3) is 0.316. The van der Waals surface area contributed by atoms with Gasteiger partial charge in [0.15, 0.2) is 0 Å². The van der Waals surface area contributed by atoms with E-state index < -0.39 is 0 Å². The van der Waals surface area contributed by atoms with Crippen LogP contribution in [0.3, 0.4) is 0 Å². The second-order valence-electron chi connectivity index (χ2n) is 6.47. The summed E-state index contributed by atoms with van der Waals surface area (Å²) in [5, 5.41) is 4.33. The number of hydrogen-bond acceptors (Lipinski definition) is 3. The van der Waals surface area contributed by atoms with Crippen molar-refractivity contribution in [3.05, 3.63) is 72.6 Å². The van der Waals surface area contributed by atoms with Gasteiger partial charge in [-0.25, -0.2) is 4.98 Å². The molecule has 1 unspecified atom stereocenters. The number of aromatic nitrogens is 4. The quantitative estimate of drug-likeness (QED) is 0.736. The maximum atomic E-state index is 12.9. The van der Waals surface area contributed by atoms with E-state index in [0.717, 1.165) is 37.1 Å². The van der Waals surface area contributed by atoms with Crippen molar-refractivity contribution in [3.63, 3.8) is 0 Å². The van der Waals surface area contributed by atoms with Gasteiger partial charge in [0.25, 0.3) is 5.91 Å². The van der Waals surface area contributed by atoms with Crippen molar-refractivity contribution in [1.82, 2.24) is 24.2 Å². The molecule has 0 N–H and O–H groups in total. The molecule has 6 nitrogen and oxygen atoms in total. The molecule has 1 saturated heterocycles. The zero-order valence-electron chi connectivity index (χ0n) is 14.0. The van der Waals surface area contributed by atoms with E-state index >= 15 is 0 Å². The number of amides is 1. The number of rotatable bonds is 4. The molecule has 1 aromatic carbocycles. The highest BCUT2D eigenvalue weighted by Gasteiger charge is 2.25. The number of nitrogens with zero attached hydrogens (tertiary/aromatic N) is 5. The Labute approximate surface area is 146 Å². The lowest BCUT2D eigenvalue weighted by molar-refractivity contribution is 0.0673. The van der Waals surface area contributed by atoms with Crippen molar-refractivity contribution in [2.24, 2.45) is 0 Å². The lowest BCUT2D eigenvalue weighted by Gasteiger charge is -2.33. The number of likely N-dealkylation sites (tertiary alicyclic amines) is 1. The first-order valence-electron chi connectivity index (χ1n) is 8.63. The van der Waals surface area contributed by atoms with Crippen LogP contribution < -0.4 is 0 Å². The molecule has 0 radical (unpaired) electrons. The van der Waals surface area contributed by atoms with Crippen LogP contribution in [0.25, 0.3) is 0 Å². The van der Waals surface area contributed by atoms with Crippen molar-refractivity contribution in [3.8, 4) is 0 Å². The van der Waals surface area contributed by atoms with Crippen molar-refractivity contribution in [2.45, 2.75) is 25.4 Å². The van der Waals surface area contributed by atoms with Crippen LogP contribution >= 0.6 is 0 Å². The Kier molecular flexibility index (Phi) is 4.33. The SMILES string of the molecule is O=C(c1cccc(Cn2ccnc2)c1)N1CCCC(n2cccn2)C1. The van der Waals surface area contributed by atoms with Gasteiger partial charge in [0.05, 0.1) is 12.4 Å². The van der Waals surface area contributed by atoms with Crippen LogP contribution in [0.1, 0.15) is 34.8 Å². The minimum atomic E-state index is 0.101. The molecule has 1 aliphatic heterocycles. The predicted molar refractivity (Wildman–Crippen MR) is 94.2 cm³/mol. The van der Waals surface area contributed by atoms with Gasteiger partial charge in [-0.2, -0.15) is 5.10 Å². The van der Waals surface area contributed by atoms with E-state index in [1.54, 1.807) is 18.7 Å². The summed E-state index contributed by atoms with van der Waals surface area (Å²) in [6.45, 7) is 2.24. The molecule has 1 aliphatic rings. The molecular weight excluding hydrogens is 314 g/mol. The summed E-state index contributed by atoms with van der Waals surface area (Å²) in [5.74, 6) is 0.101. The summed E-state index contributed by atoms with van der Waals surface area (Å²) in [4.78, 5) is 19.0. The molecule has 2 aromatic heterocycles. The minimum absolute atomic E-state index is 0.101. The van der Waals surface area contributed by atoms with Crippen molar-refractivity contribution >= 4 is 5.91 Å². The number of benzene rings is 1. The molecule has 6 heteroatoms. The van der Waals surface area contributed by atoms with Gasteiger partial charge < -0.3 is 9.47 Å². The average molecular weight is 335 g/mol. The molecule has 1 atom stereocenters. The molecule has 0 spiro atoms. The minimum Gasteiger partial charge on any atom is -0.337 e. The summed E-state index contributed by atoms with van der Waals surface area (Å²) in [7, 11) is 0. The molecule has 3 heterocycles. The van der Waals surface area contributed by atoms with Crippen molar-refractivity contribution < 1.29 is 4.79 Å². The fourth-order valence-electron chi connectivity index (χ4n) is 3.43. The summed E-state index contributed by atoms with van der Waals surface area (Å²) < 4.78 is 3.97. The van der Waals surface area contributed by atoms with E-state index in [9.17, 15) is 4.79 Å². The zero-order valence-corrected chi connectivity index (χ0v) is 14.0. The number of carbonyl (C=O) groups excluding carboxylic acids is 1. The third kappa shape index (κ3) is 3.47. The molecular formula is C19H21N5O. The van der Waals surface area contributed by atoms with E-state index in [0.29, 0.717) is 6.54 Å². The fourth-order valence-corrected chi connectivity index (χ4v) is 3.43. The Bertz CT molecular complexity index is 825. The van der Waals surface area contributed by atoms with Crippen molar-refractivity contribution in [1.29, 1.82) is 0 Å². The number of imidazole rings is 1. The second-order valence-corrected chi connectivity index (χ2v) is 6.47. The highest BCUT2D eigenvalue weighted by molar-refractivity contribution is 5.94. The summed E-state index contributed by atoms with van der Waals surface area (Å²) in [6.07, 6.45) is 11.3. The zero-order chi connectivity index (χ0) is 17.1. The molecule has 128 valence electrons. The maximum Gasteiger partial charge on any atom is 0.253 e. The normalized spacial score (nSPS) is 17.6. The highest BCUT2D eigenvalue weighted by Crippen LogP contribution is 2.22. The van der Waals surface area contributed by atoms with Crippen LogP contribution in [-0.2, 0) is 6.54 Å². The van der Waals surface area contributed by atoms with Crippen LogP contribution in [-0.4, -0.2) is 43.2 Å². The number of piperidine rings is 1. The monoisotopic (exact) mass is 335 g/mol. The number of hydrogen-bond donors (Lipinski definition) is 0. The van der Waals surface area contributed by atoms with Gasteiger partial charge in [-0.15, -0.1) is 0 Å². The average Bonchev–Trinajstić information content (AvgIpc) is 3.35. The largest absolute Gasteiger partial charge is 0.337 e. The van der Waals surface area contributed by atoms with Gasteiger partial charge in [-0.3, -0.25) is 9.48 Å². The first-order chi connectivity index (χ1) is 12.3. The van der Waals surface area contributed by atoms with E-state index in [4.69, 9.17) is 0 Å². The van der Waals surface area contributed by atoms with Crippen LogP contribution in [0.15, 0.2) is 61.4 Å². The van der Waals surface area contributed by atoms with E-state index in [1.807, 2.05) is 56.9 Å². The topological polar surface area (TPSA) is 56.0 Å². The predicted octanol–water partition coefficient (Wildman–Crippen LogP) is 2.61.